The summed E-state index contributed by atoms with van der Waals surface area (Å²) in [4.78, 5) is 13.9. The van der Waals surface area contributed by atoms with Gasteiger partial charge >= 0.3 is 0 Å². The second-order valence-electron chi connectivity index (χ2n) is 6.34. The Kier molecular flexibility index (Phi) is 5.10. The van der Waals surface area contributed by atoms with Crippen molar-refractivity contribution in [1.29, 1.82) is 0 Å². The number of hydrogen-bond donors (Lipinski definition) is 2. The predicted octanol–water partition coefficient (Wildman–Crippen LogP) is 3.35. The van der Waals surface area contributed by atoms with Crippen LogP contribution in [0.5, 0.6) is 0 Å². The predicted molar refractivity (Wildman–Crippen MR) is 88.5 cm³/mol. The van der Waals surface area contributed by atoms with Crippen LogP contribution in [0.2, 0.25) is 0 Å². The van der Waals surface area contributed by atoms with Crippen LogP contribution in [0, 0.1) is 5.92 Å². The molecule has 1 aliphatic rings. The summed E-state index contributed by atoms with van der Waals surface area (Å²) >= 11 is 0. The van der Waals surface area contributed by atoms with Gasteiger partial charge in [-0.15, -0.1) is 0 Å². The number of carbonyl (C=O) groups excluding carboxylic acids is 1. The molecule has 1 aliphatic carbocycles. The maximum absolute atomic E-state index is 12.3. The molecular formula is C17H27N3O. The largest absolute Gasteiger partial charge is 0.399 e. The summed E-state index contributed by atoms with van der Waals surface area (Å²) in [6, 6.07) is 5.83. The lowest BCUT2D eigenvalue weighted by molar-refractivity contribution is 0.0828. The van der Waals surface area contributed by atoms with E-state index in [0.29, 0.717) is 23.2 Å². The number of nitrogens with zero attached hydrogens (tertiary/aromatic N) is 1. The van der Waals surface area contributed by atoms with E-state index in [9.17, 15) is 4.79 Å². The number of carbonyl (C=O) groups is 1. The Labute approximate surface area is 127 Å². The molecule has 4 nitrogen and oxygen atoms in total. The summed E-state index contributed by atoms with van der Waals surface area (Å²) in [5.41, 5.74) is 8.12. The molecule has 1 fully saturated rings. The molecule has 1 atom stereocenters. The van der Waals surface area contributed by atoms with E-state index in [0.717, 1.165) is 5.69 Å². The Morgan fingerprint density at radius 1 is 1.29 bits per heavy atom. The summed E-state index contributed by atoms with van der Waals surface area (Å²) in [6.07, 6.45) is 6.53. The molecule has 0 spiro atoms. The van der Waals surface area contributed by atoms with E-state index < -0.39 is 0 Å². The molecule has 0 aliphatic heterocycles. The third-order valence-electron chi connectivity index (χ3n) is 4.42. The molecule has 3 N–H and O–H groups in total. The van der Waals surface area contributed by atoms with E-state index in [1.807, 2.05) is 12.1 Å². The van der Waals surface area contributed by atoms with Gasteiger partial charge in [-0.3, -0.25) is 4.79 Å². The second-order valence-corrected chi connectivity index (χ2v) is 6.34. The molecule has 0 radical (unpaired) electrons. The van der Waals surface area contributed by atoms with Crippen molar-refractivity contribution in [2.75, 3.05) is 25.1 Å². The number of nitrogen functional groups attached to an aromatic ring is 1. The van der Waals surface area contributed by atoms with Gasteiger partial charge in [0.05, 0.1) is 5.56 Å². The van der Waals surface area contributed by atoms with E-state index >= 15 is 0 Å². The van der Waals surface area contributed by atoms with Crippen LogP contribution in [-0.2, 0) is 0 Å². The molecule has 4 heteroatoms. The third kappa shape index (κ3) is 3.90. The van der Waals surface area contributed by atoms with Crippen LogP contribution in [0.25, 0.3) is 0 Å². The SMILES string of the molecule is CC(Nc1cc(N)ccc1C(=O)N(C)C)C1CCCCC1. The first-order valence-electron chi connectivity index (χ1n) is 7.86. The zero-order chi connectivity index (χ0) is 15.4. The molecule has 1 saturated carbocycles. The highest BCUT2D eigenvalue weighted by molar-refractivity contribution is 6.00. The number of rotatable bonds is 4. The van der Waals surface area contributed by atoms with Crippen LogP contribution in [0.1, 0.15) is 49.4 Å². The second kappa shape index (κ2) is 6.83. The number of benzene rings is 1. The summed E-state index contributed by atoms with van der Waals surface area (Å²) < 4.78 is 0. The Morgan fingerprint density at radius 2 is 1.95 bits per heavy atom. The maximum Gasteiger partial charge on any atom is 0.255 e. The molecule has 0 bridgehead atoms. The molecule has 1 amide bonds. The van der Waals surface area contributed by atoms with Gasteiger partial charge in [-0.2, -0.15) is 0 Å². The standard InChI is InChI=1S/C17H27N3O/c1-12(13-7-5-4-6-8-13)19-16-11-14(18)9-10-15(16)17(21)20(2)3/h9-13,19H,4-8,18H2,1-3H3. The first kappa shape index (κ1) is 15.7. The molecule has 1 aromatic carbocycles. The molecular weight excluding hydrogens is 262 g/mol. The van der Waals surface area contributed by atoms with Crippen molar-refractivity contribution in [1.82, 2.24) is 4.90 Å². The van der Waals surface area contributed by atoms with Gasteiger partial charge in [0.15, 0.2) is 0 Å². The molecule has 0 heterocycles. The molecule has 1 unspecified atom stereocenters. The van der Waals surface area contributed by atoms with E-state index in [1.165, 1.54) is 32.1 Å². The van der Waals surface area contributed by atoms with Crippen molar-refractivity contribution in [3.8, 4) is 0 Å². The van der Waals surface area contributed by atoms with Crippen LogP contribution in [0.4, 0.5) is 11.4 Å². The monoisotopic (exact) mass is 289 g/mol. The van der Waals surface area contributed by atoms with E-state index in [4.69, 9.17) is 5.73 Å². The zero-order valence-electron chi connectivity index (χ0n) is 13.4. The van der Waals surface area contributed by atoms with E-state index in [1.54, 1.807) is 25.1 Å². The summed E-state index contributed by atoms with van der Waals surface area (Å²) in [7, 11) is 3.54. The fourth-order valence-corrected chi connectivity index (χ4v) is 3.11. The number of nitrogens with two attached hydrogens (primary N) is 1. The van der Waals surface area contributed by atoms with Crippen LogP contribution in [0.3, 0.4) is 0 Å². The summed E-state index contributed by atoms with van der Waals surface area (Å²) in [5.74, 6) is 0.691. The van der Waals surface area contributed by atoms with Crippen LogP contribution >= 0.6 is 0 Å². The molecule has 1 aromatic rings. The van der Waals surface area contributed by atoms with Crippen LogP contribution in [-0.4, -0.2) is 30.9 Å². The van der Waals surface area contributed by atoms with Gasteiger partial charge in [-0.05, 0) is 43.9 Å². The lowest BCUT2D eigenvalue weighted by Crippen LogP contribution is -2.30. The van der Waals surface area contributed by atoms with Gasteiger partial charge in [0.25, 0.3) is 5.91 Å². The van der Waals surface area contributed by atoms with Gasteiger partial charge in [-0.25, -0.2) is 0 Å². The topological polar surface area (TPSA) is 58.4 Å². The molecule has 0 aromatic heterocycles. The van der Waals surface area contributed by atoms with Crippen LogP contribution < -0.4 is 11.1 Å². The molecule has 116 valence electrons. The Morgan fingerprint density at radius 3 is 2.57 bits per heavy atom. The van der Waals surface area contributed by atoms with E-state index in [-0.39, 0.29) is 5.91 Å². The van der Waals surface area contributed by atoms with Crippen molar-refractivity contribution in [2.45, 2.75) is 45.1 Å². The average Bonchev–Trinajstić information content (AvgIpc) is 2.47. The van der Waals surface area contributed by atoms with Gasteiger partial charge < -0.3 is 16.0 Å². The average molecular weight is 289 g/mol. The van der Waals surface area contributed by atoms with Crippen molar-refractivity contribution >= 4 is 17.3 Å². The highest BCUT2D eigenvalue weighted by atomic mass is 16.2. The first-order chi connectivity index (χ1) is 9.99. The number of nitrogens with one attached hydrogen (secondary N) is 1. The Balaban J connectivity index is 2.17. The molecule has 0 saturated heterocycles. The number of amides is 1. The van der Waals surface area contributed by atoms with Gasteiger partial charge in [0, 0.05) is 31.5 Å². The van der Waals surface area contributed by atoms with Gasteiger partial charge in [0.1, 0.15) is 0 Å². The summed E-state index contributed by atoms with van der Waals surface area (Å²) in [5, 5.41) is 3.53. The smallest absolute Gasteiger partial charge is 0.255 e. The van der Waals surface area contributed by atoms with Gasteiger partial charge in [0.2, 0.25) is 0 Å². The quantitative estimate of drug-likeness (QED) is 0.836. The molecule has 2 rings (SSSR count). The Bertz CT molecular complexity index is 493. The lowest BCUT2D eigenvalue weighted by Gasteiger charge is -2.30. The van der Waals surface area contributed by atoms with Gasteiger partial charge in [-0.1, -0.05) is 19.3 Å². The maximum atomic E-state index is 12.3. The minimum Gasteiger partial charge on any atom is -0.399 e. The number of anilines is 2. The highest BCUT2D eigenvalue weighted by Gasteiger charge is 2.22. The normalized spacial score (nSPS) is 17.3. The van der Waals surface area contributed by atoms with E-state index in [2.05, 4.69) is 12.2 Å². The third-order valence-corrected chi connectivity index (χ3v) is 4.42. The van der Waals surface area contributed by atoms with Crippen molar-refractivity contribution < 1.29 is 4.79 Å². The minimum absolute atomic E-state index is 0.00773. The fourth-order valence-electron chi connectivity index (χ4n) is 3.11. The first-order valence-corrected chi connectivity index (χ1v) is 7.86. The highest BCUT2D eigenvalue weighted by Crippen LogP contribution is 2.29. The van der Waals surface area contributed by atoms with Crippen molar-refractivity contribution in [2.24, 2.45) is 5.92 Å². The minimum atomic E-state index is 0.00773. The summed E-state index contributed by atoms with van der Waals surface area (Å²) in [6.45, 7) is 2.21. The molecule has 21 heavy (non-hydrogen) atoms. The zero-order valence-corrected chi connectivity index (χ0v) is 13.4. The Hall–Kier alpha value is -1.71. The number of hydrogen-bond acceptors (Lipinski definition) is 3. The van der Waals surface area contributed by atoms with Crippen LogP contribution in [0.15, 0.2) is 18.2 Å². The van der Waals surface area contributed by atoms with Crippen molar-refractivity contribution in [3.63, 3.8) is 0 Å². The lowest BCUT2D eigenvalue weighted by atomic mass is 9.84. The van der Waals surface area contributed by atoms with Crippen molar-refractivity contribution in [3.05, 3.63) is 23.8 Å². The fraction of sp³-hybridized carbons (Fsp3) is 0.588.